The van der Waals surface area contributed by atoms with Gasteiger partial charge in [-0.1, -0.05) is 20.8 Å². The molecule has 0 bridgehead atoms. The molecule has 0 atom stereocenters. The molecule has 1 aromatic heterocycles. The van der Waals surface area contributed by atoms with E-state index in [-0.39, 0.29) is 0 Å². The summed E-state index contributed by atoms with van der Waals surface area (Å²) in [4.78, 5) is 3.98. The standard InChI is InChI=1S/C10H15NS/c1-10(2,3)12-8-9-4-6-11-7-5-9/h4-7H,8H2,1-3H3. The third kappa shape index (κ3) is 3.77. The first kappa shape index (κ1) is 9.59. The van der Waals surface area contributed by atoms with Crippen LogP contribution in [0.1, 0.15) is 26.3 Å². The number of hydrogen-bond acceptors (Lipinski definition) is 2. The van der Waals surface area contributed by atoms with Crippen LogP contribution in [0.4, 0.5) is 0 Å². The second-order valence-electron chi connectivity index (χ2n) is 3.76. The molecule has 0 spiro atoms. The molecule has 12 heavy (non-hydrogen) atoms. The van der Waals surface area contributed by atoms with Crippen LogP contribution in [-0.4, -0.2) is 9.73 Å². The Hall–Kier alpha value is -0.500. The first-order chi connectivity index (χ1) is 5.58. The van der Waals surface area contributed by atoms with Crippen molar-refractivity contribution in [1.82, 2.24) is 4.98 Å². The number of hydrogen-bond donors (Lipinski definition) is 0. The molecule has 66 valence electrons. The molecule has 1 nitrogen and oxygen atoms in total. The fourth-order valence-electron chi connectivity index (χ4n) is 0.779. The third-order valence-corrected chi connectivity index (χ3v) is 2.76. The van der Waals surface area contributed by atoms with Gasteiger partial charge in [-0.25, -0.2) is 0 Å². The lowest BCUT2D eigenvalue weighted by Gasteiger charge is -2.17. The number of aromatic nitrogens is 1. The number of nitrogens with zero attached hydrogens (tertiary/aromatic N) is 1. The zero-order chi connectivity index (χ0) is 9.03. The van der Waals surface area contributed by atoms with Crippen molar-refractivity contribution in [3.63, 3.8) is 0 Å². The van der Waals surface area contributed by atoms with Crippen LogP contribution >= 0.6 is 11.8 Å². The van der Waals surface area contributed by atoms with Crippen molar-refractivity contribution in [2.45, 2.75) is 31.3 Å². The van der Waals surface area contributed by atoms with E-state index in [4.69, 9.17) is 0 Å². The van der Waals surface area contributed by atoms with Gasteiger partial charge in [0.15, 0.2) is 0 Å². The Morgan fingerprint density at radius 3 is 2.33 bits per heavy atom. The molecule has 0 N–H and O–H groups in total. The molecule has 0 unspecified atom stereocenters. The number of rotatable bonds is 2. The molecule has 1 aromatic rings. The lowest BCUT2D eigenvalue weighted by Crippen LogP contribution is -2.07. The van der Waals surface area contributed by atoms with Crippen molar-refractivity contribution in [2.75, 3.05) is 0 Å². The van der Waals surface area contributed by atoms with Gasteiger partial charge in [0.25, 0.3) is 0 Å². The minimum atomic E-state index is 0.350. The molecule has 1 rings (SSSR count). The van der Waals surface area contributed by atoms with Crippen LogP contribution < -0.4 is 0 Å². The van der Waals surface area contributed by atoms with Crippen LogP contribution in [-0.2, 0) is 5.75 Å². The summed E-state index contributed by atoms with van der Waals surface area (Å²) >= 11 is 1.96. The van der Waals surface area contributed by atoms with Crippen LogP contribution in [0.15, 0.2) is 24.5 Å². The second kappa shape index (κ2) is 3.94. The van der Waals surface area contributed by atoms with Gasteiger partial charge in [0.05, 0.1) is 0 Å². The summed E-state index contributed by atoms with van der Waals surface area (Å²) in [5, 5.41) is 0. The van der Waals surface area contributed by atoms with Gasteiger partial charge in [-0.2, -0.15) is 11.8 Å². The Kier molecular flexibility index (Phi) is 3.15. The van der Waals surface area contributed by atoms with Gasteiger partial charge in [0, 0.05) is 22.9 Å². The molecular weight excluding hydrogens is 166 g/mol. The van der Waals surface area contributed by atoms with Crippen LogP contribution in [0.3, 0.4) is 0 Å². The predicted octanol–water partition coefficient (Wildman–Crippen LogP) is 3.11. The fraction of sp³-hybridized carbons (Fsp3) is 0.500. The van der Waals surface area contributed by atoms with Gasteiger partial charge in [-0.3, -0.25) is 4.98 Å². The Morgan fingerprint density at radius 2 is 1.83 bits per heavy atom. The molecule has 2 heteroatoms. The van der Waals surface area contributed by atoms with Crippen molar-refractivity contribution >= 4 is 11.8 Å². The number of thioether (sulfide) groups is 1. The van der Waals surface area contributed by atoms with E-state index in [2.05, 4.69) is 37.9 Å². The van der Waals surface area contributed by atoms with Crippen LogP contribution in [0.5, 0.6) is 0 Å². The van der Waals surface area contributed by atoms with Crippen molar-refractivity contribution in [2.24, 2.45) is 0 Å². The Balaban J connectivity index is 2.44. The quantitative estimate of drug-likeness (QED) is 0.695. The summed E-state index contributed by atoms with van der Waals surface area (Å²) < 4.78 is 0.350. The van der Waals surface area contributed by atoms with E-state index in [0.29, 0.717) is 4.75 Å². The summed E-state index contributed by atoms with van der Waals surface area (Å²) in [5.41, 5.74) is 1.35. The molecule has 0 fully saturated rings. The van der Waals surface area contributed by atoms with E-state index in [9.17, 15) is 0 Å². The minimum Gasteiger partial charge on any atom is -0.265 e. The molecule has 1 heterocycles. The predicted molar refractivity (Wildman–Crippen MR) is 55.3 cm³/mol. The van der Waals surface area contributed by atoms with Crippen LogP contribution in [0, 0.1) is 0 Å². The monoisotopic (exact) mass is 181 g/mol. The van der Waals surface area contributed by atoms with Crippen molar-refractivity contribution in [1.29, 1.82) is 0 Å². The van der Waals surface area contributed by atoms with Crippen LogP contribution in [0.2, 0.25) is 0 Å². The third-order valence-electron chi connectivity index (χ3n) is 1.42. The molecule has 0 saturated carbocycles. The SMILES string of the molecule is CC(C)(C)SCc1ccncc1. The maximum atomic E-state index is 3.98. The van der Waals surface area contributed by atoms with E-state index < -0.39 is 0 Å². The van der Waals surface area contributed by atoms with E-state index in [1.54, 1.807) is 0 Å². The molecular formula is C10H15NS. The highest BCUT2D eigenvalue weighted by Gasteiger charge is 2.09. The van der Waals surface area contributed by atoms with E-state index in [0.717, 1.165) is 5.75 Å². The van der Waals surface area contributed by atoms with Crippen molar-refractivity contribution in [3.05, 3.63) is 30.1 Å². The zero-order valence-electron chi connectivity index (χ0n) is 7.87. The minimum absolute atomic E-state index is 0.350. The highest BCUT2D eigenvalue weighted by atomic mass is 32.2. The maximum Gasteiger partial charge on any atom is 0.0270 e. The van der Waals surface area contributed by atoms with Gasteiger partial charge in [0.1, 0.15) is 0 Å². The summed E-state index contributed by atoms with van der Waals surface area (Å²) in [6.07, 6.45) is 3.69. The highest BCUT2D eigenvalue weighted by molar-refractivity contribution is 7.99. The highest BCUT2D eigenvalue weighted by Crippen LogP contribution is 2.26. The lowest BCUT2D eigenvalue weighted by atomic mass is 10.3. The van der Waals surface area contributed by atoms with Crippen molar-refractivity contribution < 1.29 is 0 Å². The molecule has 0 aliphatic carbocycles. The summed E-state index contributed by atoms with van der Waals surface area (Å²) in [7, 11) is 0. The molecule has 0 saturated heterocycles. The molecule has 0 radical (unpaired) electrons. The summed E-state index contributed by atoms with van der Waals surface area (Å²) in [5.74, 6) is 1.08. The molecule has 0 aliphatic rings. The molecule has 0 aliphatic heterocycles. The van der Waals surface area contributed by atoms with Gasteiger partial charge < -0.3 is 0 Å². The zero-order valence-corrected chi connectivity index (χ0v) is 8.69. The second-order valence-corrected chi connectivity index (χ2v) is 5.56. The van der Waals surface area contributed by atoms with Gasteiger partial charge in [-0.05, 0) is 17.7 Å². The van der Waals surface area contributed by atoms with E-state index in [1.807, 2.05) is 24.2 Å². The Bertz CT molecular complexity index is 225. The first-order valence-electron chi connectivity index (χ1n) is 4.11. The molecule has 0 aromatic carbocycles. The lowest BCUT2D eigenvalue weighted by molar-refractivity contribution is 0.802. The molecule has 0 amide bonds. The smallest absolute Gasteiger partial charge is 0.0270 e. The number of pyridine rings is 1. The maximum absolute atomic E-state index is 3.98. The average molecular weight is 181 g/mol. The fourth-order valence-corrected chi connectivity index (χ4v) is 1.57. The Labute approximate surface area is 78.6 Å². The summed E-state index contributed by atoms with van der Waals surface area (Å²) in [6, 6.07) is 4.14. The van der Waals surface area contributed by atoms with Crippen LogP contribution in [0.25, 0.3) is 0 Å². The van der Waals surface area contributed by atoms with E-state index in [1.165, 1.54) is 5.56 Å². The summed E-state index contributed by atoms with van der Waals surface area (Å²) in [6.45, 7) is 6.70. The largest absolute Gasteiger partial charge is 0.265 e. The van der Waals surface area contributed by atoms with Gasteiger partial charge in [-0.15, -0.1) is 0 Å². The first-order valence-corrected chi connectivity index (χ1v) is 5.09. The van der Waals surface area contributed by atoms with Gasteiger partial charge in [0.2, 0.25) is 0 Å². The van der Waals surface area contributed by atoms with Gasteiger partial charge >= 0.3 is 0 Å². The Morgan fingerprint density at radius 1 is 1.25 bits per heavy atom. The van der Waals surface area contributed by atoms with Crippen molar-refractivity contribution in [3.8, 4) is 0 Å². The normalized spacial score (nSPS) is 11.6. The van der Waals surface area contributed by atoms with E-state index >= 15 is 0 Å². The topological polar surface area (TPSA) is 12.9 Å². The average Bonchev–Trinajstić information content (AvgIpc) is 2.02.